The third-order valence-corrected chi connectivity index (χ3v) is 5.96. The molecule has 0 atom stereocenters. The van der Waals surface area contributed by atoms with Crippen LogP contribution in [0.5, 0.6) is 0 Å². The number of amides is 1. The van der Waals surface area contributed by atoms with Crippen molar-refractivity contribution in [1.82, 2.24) is 20.1 Å². The molecule has 5 rings (SSSR count). The minimum Gasteiger partial charge on any atom is -0.453 e. The van der Waals surface area contributed by atoms with Gasteiger partial charge in [-0.05, 0) is 52.6 Å². The lowest BCUT2D eigenvalue weighted by molar-refractivity contribution is 0.0342. The van der Waals surface area contributed by atoms with E-state index in [1.165, 1.54) is 12.7 Å². The average Bonchev–Trinajstić information content (AvgIpc) is 3.25. The topological polar surface area (TPSA) is 118 Å². The zero-order valence-corrected chi connectivity index (χ0v) is 18.9. The van der Waals surface area contributed by atoms with Crippen LogP contribution in [0.1, 0.15) is 5.56 Å². The Morgan fingerprint density at radius 2 is 2.00 bits per heavy atom. The number of benzene rings is 2. The van der Waals surface area contributed by atoms with E-state index in [0.717, 1.165) is 66.0 Å². The second kappa shape index (κ2) is 9.50. The summed E-state index contributed by atoms with van der Waals surface area (Å²) in [6.07, 6.45) is 1.07. The number of nitrogens with one attached hydrogen (secondary N) is 2. The summed E-state index contributed by atoms with van der Waals surface area (Å²) in [6, 6.07) is 16.3. The molecule has 174 valence electrons. The molecule has 9 nitrogen and oxygen atoms in total. The standard InChI is InChI=1S/C25H26N6O3/c1-33-25(32)28-22-14-17(5-6-27-22)19-12-20(23-21(13-19)24(26)30-29-23)18-4-2-3-16(11-18)15-31-7-9-34-10-8-31/h2-6,11-14H,7-10,15H2,1H3,(H3,26,29,30)(H,27,28,32). The van der Waals surface area contributed by atoms with Gasteiger partial charge in [0.05, 0.1) is 25.8 Å². The number of rotatable bonds is 5. The number of nitrogens with zero attached hydrogens (tertiary/aromatic N) is 3. The van der Waals surface area contributed by atoms with E-state index < -0.39 is 6.09 Å². The Morgan fingerprint density at radius 1 is 1.15 bits per heavy atom. The van der Waals surface area contributed by atoms with Gasteiger partial charge in [0.25, 0.3) is 0 Å². The van der Waals surface area contributed by atoms with E-state index in [4.69, 9.17) is 10.5 Å². The molecule has 0 saturated carbocycles. The maximum Gasteiger partial charge on any atom is 0.412 e. The van der Waals surface area contributed by atoms with Crippen LogP contribution < -0.4 is 11.1 Å². The molecule has 4 aromatic rings. The van der Waals surface area contributed by atoms with Crippen molar-refractivity contribution in [3.8, 4) is 22.3 Å². The van der Waals surface area contributed by atoms with Gasteiger partial charge in [0, 0.05) is 36.8 Å². The molecular formula is C25H26N6O3. The Kier molecular flexibility index (Phi) is 6.11. The summed E-state index contributed by atoms with van der Waals surface area (Å²) >= 11 is 0. The van der Waals surface area contributed by atoms with E-state index >= 15 is 0 Å². The van der Waals surface area contributed by atoms with Gasteiger partial charge in [0.15, 0.2) is 5.82 Å². The number of aromatic amines is 1. The molecule has 3 heterocycles. The SMILES string of the molecule is COC(=O)Nc1cc(-c2cc(-c3cccc(CN4CCOCC4)c3)c3[nH]nc(N)c3c2)ccn1. The molecule has 0 aliphatic carbocycles. The number of hydrogen-bond donors (Lipinski definition) is 3. The third-order valence-electron chi connectivity index (χ3n) is 5.96. The molecule has 1 fully saturated rings. The molecule has 1 saturated heterocycles. The largest absolute Gasteiger partial charge is 0.453 e. The predicted octanol–water partition coefficient (Wildman–Crippen LogP) is 3.88. The van der Waals surface area contributed by atoms with Crippen molar-refractivity contribution < 1.29 is 14.3 Å². The Balaban J connectivity index is 1.54. The molecule has 2 aromatic heterocycles. The van der Waals surface area contributed by atoms with E-state index in [1.807, 2.05) is 12.1 Å². The highest BCUT2D eigenvalue weighted by Gasteiger charge is 2.15. The van der Waals surface area contributed by atoms with Crippen molar-refractivity contribution in [2.75, 3.05) is 44.5 Å². The maximum absolute atomic E-state index is 11.6. The van der Waals surface area contributed by atoms with E-state index in [9.17, 15) is 4.79 Å². The molecular weight excluding hydrogens is 432 g/mol. The number of pyridine rings is 1. The summed E-state index contributed by atoms with van der Waals surface area (Å²) in [4.78, 5) is 18.2. The number of hydrogen-bond acceptors (Lipinski definition) is 7. The van der Waals surface area contributed by atoms with Crippen LogP contribution in [0.2, 0.25) is 0 Å². The number of fused-ring (bicyclic) bond motifs is 1. The highest BCUT2D eigenvalue weighted by molar-refractivity contribution is 6.02. The average molecular weight is 459 g/mol. The lowest BCUT2D eigenvalue weighted by atomic mass is 9.95. The van der Waals surface area contributed by atoms with Gasteiger partial charge in [-0.1, -0.05) is 18.2 Å². The first-order valence-electron chi connectivity index (χ1n) is 11.1. The number of morpholine rings is 1. The monoisotopic (exact) mass is 458 g/mol. The van der Waals surface area contributed by atoms with E-state index in [0.29, 0.717) is 11.6 Å². The molecule has 0 bridgehead atoms. The van der Waals surface area contributed by atoms with Crippen LogP contribution in [0.3, 0.4) is 0 Å². The van der Waals surface area contributed by atoms with Crippen LogP contribution in [0, 0.1) is 0 Å². The van der Waals surface area contributed by atoms with Gasteiger partial charge in [-0.15, -0.1) is 0 Å². The second-order valence-corrected chi connectivity index (χ2v) is 8.19. The number of aromatic nitrogens is 3. The first-order valence-corrected chi connectivity index (χ1v) is 11.1. The summed E-state index contributed by atoms with van der Waals surface area (Å²) < 4.78 is 10.1. The molecule has 1 aliphatic rings. The van der Waals surface area contributed by atoms with Gasteiger partial charge in [-0.3, -0.25) is 15.3 Å². The minimum absolute atomic E-state index is 0.402. The van der Waals surface area contributed by atoms with Gasteiger partial charge in [0.2, 0.25) is 0 Å². The number of nitrogens with two attached hydrogens (primary N) is 1. The number of ether oxygens (including phenoxy) is 2. The molecule has 2 aromatic carbocycles. The third kappa shape index (κ3) is 4.57. The van der Waals surface area contributed by atoms with Crippen LogP contribution >= 0.6 is 0 Å². The summed E-state index contributed by atoms with van der Waals surface area (Å²) in [5.41, 5.74) is 12.2. The minimum atomic E-state index is -0.572. The number of H-pyrrole nitrogens is 1. The van der Waals surface area contributed by atoms with Crippen LogP contribution in [-0.4, -0.2) is 59.6 Å². The molecule has 0 unspecified atom stereocenters. The molecule has 0 spiro atoms. The maximum atomic E-state index is 11.6. The van der Waals surface area contributed by atoms with E-state index in [-0.39, 0.29) is 0 Å². The normalized spacial score (nSPS) is 14.3. The zero-order chi connectivity index (χ0) is 23.5. The van der Waals surface area contributed by atoms with Crippen molar-refractivity contribution >= 4 is 28.6 Å². The Morgan fingerprint density at radius 3 is 2.82 bits per heavy atom. The smallest absolute Gasteiger partial charge is 0.412 e. The fourth-order valence-corrected chi connectivity index (χ4v) is 4.22. The van der Waals surface area contributed by atoms with Crippen LogP contribution in [-0.2, 0) is 16.0 Å². The number of nitrogen functional groups attached to an aromatic ring is 1. The van der Waals surface area contributed by atoms with Crippen molar-refractivity contribution in [1.29, 1.82) is 0 Å². The number of carbonyl (C=O) groups excluding carboxylic acids is 1. The van der Waals surface area contributed by atoms with Gasteiger partial charge in [-0.2, -0.15) is 5.10 Å². The molecule has 34 heavy (non-hydrogen) atoms. The van der Waals surface area contributed by atoms with Crippen molar-refractivity contribution in [2.24, 2.45) is 0 Å². The van der Waals surface area contributed by atoms with Crippen molar-refractivity contribution in [3.05, 3.63) is 60.3 Å². The first kappa shape index (κ1) is 21.9. The Hall–Kier alpha value is -3.95. The lowest BCUT2D eigenvalue weighted by Gasteiger charge is -2.26. The van der Waals surface area contributed by atoms with Crippen LogP contribution in [0.15, 0.2) is 54.7 Å². The summed E-state index contributed by atoms with van der Waals surface area (Å²) in [7, 11) is 1.31. The van der Waals surface area contributed by atoms with Crippen molar-refractivity contribution in [3.63, 3.8) is 0 Å². The molecule has 4 N–H and O–H groups in total. The summed E-state index contributed by atoms with van der Waals surface area (Å²) in [6.45, 7) is 4.29. The second-order valence-electron chi connectivity index (χ2n) is 8.19. The number of anilines is 2. The Bertz CT molecular complexity index is 1330. The van der Waals surface area contributed by atoms with Crippen LogP contribution in [0.25, 0.3) is 33.2 Å². The predicted molar refractivity (Wildman–Crippen MR) is 131 cm³/mol. The van der Waals surface area contributed by atoms with Crippen molar-refractivity contribution in [2.45, 2.75) is 6.54 Å². The quantitative estimate of drug-likeness (QED) is 0.415. The lowest BCUT2D eigenvalue weighted by Crippen LogP contribution is -2.35. The highest BCUT2D eigenvalue weighted by atomic mass is 16.5. The fraction of sp³-hybridized carbons (Fsp3) is 0.240. The van der Waals surface area contributed by atoms with Crippen LogP contribution in [0.4, 0.5) is 16.4 Å². The molecule has 9 heteroatoms. The van der Waals surface area contributed by atoms with Gasteiger partial charge >= 0.3 is 6.09 Å². The van der Waals surface area contributed by atoms with Gasteiger partial charge < -0.3 is 15.2 Å². The number of carbonyl (C=O) groups is 1. The Labute approximate surface area is 196 Å². The summed E-state index contributed by atoms with van der Waals surface area (Å²) in [5.74, 6) is 0.836. The summed E-state index contributed by atoms with van der Waals surface area (Å²) in [5, 5.41) is 10.8. The molecule has 1 amide bonds. The first-order chi connectivity index (χ1) is 16.6. The van der Waals surface area contributed by atoms with E-state index in [1.54, 1.807) is 12.3 Å². The van der Waals surface area contributed by atoms with Gasteiger partial charge in [-0.25, -0.2) is 9.78 Å². The zero-order valence-electron chi connectivity index (χ0n) is 18.9. The van der Waals surface area contributed by atoms with E-state index in [2.05, 4.69) is 60.5 Å². The molecule has 1 aliphatic heterocycles. The number of methoxy groups -OCH3 is 1. The molecule has 0 radical (unpaired) electrons. The van der Waals surface area contributed by atoms with Gasteiger partial charge in [0.1, 0.15) is 5.82 Å². The highest BCUT2D eigenvalue weighted by Crippen LogP contribution is 2.36. The fourth-order valence-electron chi connectivity index (χ4n) is 4.22.